The van der Waals surface area contributed by atoms with Crippen LogP contribution in [0.15, 0.2) is 43.1 Å². The minimum Gasteiger partial charge on any atom is -0.711 e. The van der Waals surface area contributed by atoms with Crippen LogP contribution in [0.2, 0.25) is 5.02 Å². The van der Waals surface area contributed by atoms with E-state index in [1.54, 1.807) is 0 Å². The summed E-state index contributed by atoms with van der Waals surface area (Å²) in [6, 6.07) is 4.48. The Morgan fingerprint density at radius 3 is 2.70 bits per heavy atom. The Balaban J connectivity index is 2.15. The van der Waals surface area contributed by atoms with Gasteiger partial charge in [0.15, 0.2) is 11.9 Å². The van der Waals surface area contributed by atoms with Crippen LogP contribution in [0.25, 0.3) is 16.8 Å². The molecular weight excluding hydrogens is 335 g/mol. The van der Waals surface area contributed by atoms with E-state index in [2.05, 4.69) is 15.3 Å². The maximum Gasteiger partial charge on any atom is 0.436 e. The maximum atomic E-state index is 12.7. The lowest BCUT2D eigenvalue weighted by Gasteiger charge is -2.09. The molecule has 0 fully saturated rings. The zero-order chi connectivity index (χ0) is 16.6. The van der Waals surface area contributed by atoms with Gasteiger partial charge < -0.3 is 5.21 Å². The van der Waals surface area contributed by atoms with E-state index >= 15 is 0 Å². The van der Waals surface area contributed by atoms with Gasteiger partial charge in [0.05, 0.1) is 17.4 Å². The van der Waals surface area contributed by atoms with E-state index in [0.29, 0.717) is 20.9 Å². The summed E-state index contributed by atoms with van der Waals surface area (Å²) in [5.74, 6) is 0. The molecule has 0 aliphatic rings. The Bertz CT molecular complexity index is 865. The topological polar surface area (TPSA) is 70.5 Å². The highest BCUT2D eigenvalue weighted by molar-refractivity contribution is 6.31. The fraction of sp³-hybridized carbons (Fsp3) is 0.0769. The number of alkyl halides is 3. The van der Waals surface area contributed by atoms with Crippen molar-refractivity contribution in [3.63, 3.8) is 0 Å². The number of halogens is 4. The van der Waals surface area contributed by atoms with Gasteiger partial charge in [-0.2, -0.15) is 13.2 Å². The summed E-state index contributed by atoms with van der Waals surface area (Å²) >= 11 is 5.94. The molecule has 0 spiro atoms. The summed E-state index contributed by atoms with van der Waals surface area (Å²) in [5.41, 5.74) is -0.0632. The van der Waals surface area contributed by atoms with Crippen LogP contribution in [-0.2, 0) is 6.18 Å². The number of hydrogen-bond acceptors (Lipinski definition) is 4. The van der Waals surface area contributed by atoms with Crippen molar-refractivity contribution in [2.45, 2.75) is 6.18 Å². The van der Waals surface area contributed by atoms with Gasteiger partial charge in [-0.25, -0.2) is 9.41 Å². The lowest BCUT2D eigenvalue weighted by atomic mass is 10.1. The molecule has 10 heteroatoms. The second kappa shape index (κ2) is 5.51. The van der Waals surface area contributed by atoms with Crippen LogP contribution in [-0.4, -0.2) is 20.0 Å². The molecule has 0 N–H and O–H groups in total. The van der Waals surface area contributed by atoms with Gasteiger partial charge in [0, 0.05) is 10.6 Å². The first-order chi connectivity index (χ1) is 10.8. The van der Waals surface area contributed by atoms with Crippen molar-refractivity contribution in [1.82, 2.24) is 20.0 Å². The van der Waals surface area contributed by atoms with E-state index < -0.39 is 11.9 Å². The van der Waals surface area contributed by atoms with Gasteiger partial charge >= 0.3 is 6.18 Å². The van der Waals surface area contributed by atoms with E-state index in [-0.39, 0.29) is 5.69 Å². The normalized spacial score (nSPS) is 11.7. The van der Waals surface area contributed by atoms with Crippen molar-refractivity contribution in [2.75, 3.05) is 0 Å². The van der Waals surface area contributed by atoms with Crippen LogP contribution in [0.4, 0.5) is 13.2 Å². The molecule has 2 heterocycles. The number of hydrogen-bond donors (Lipinski definition) is 0. The Morgan fingerprint density at radius 1 is 1.26 bits per heavy atom. The molecule has 0 saturated heterocycles. The molecule has 0 amide bonds. The number of aromatic nitrogens is 5. The molecule has 6 nitrogen and oxygen atoms in total. The molecule has 2 aromatic heterocycles. The Kier molecular flexibility index (Phi) is 3.64. The minimum absolute atomic E-state index is 0.283. The lowest BCUT2D eigenvalue weighted by molar-refractivity contribution is -0.608. The van der Waals surface area contributed by atoms with Crippen LogP contribution in [0, 0.1) is 5.21 Å². The molecule has 1 aromatic carbocycles. The van der Waals surface area contributed by atoms with Crippen molar-refractivity contribution in [3.05, 3.63) is 59.0 Å². The number of rotatable bonds is 2. The first kappa shape index (κ1) is 15.2. The summed E-state index contributed by atoms with van der Waals surface area (Å²) in [7, 11) is 0. The molecule has 0 bridgehead atoms. The molecule has 0 atom stereocenters. The van der Waals surface area contributed by atoms with E-state index in [0.717, 1.165) is 17.2 Å². The molecule has 0 radical (unpaired) electrons. The molecule has 3 aromatic rings. The summed E-state index contributed by atoms with van der Waals surface area (Å²) in [6.45, 7) is 0. The summed E-state index contributed by atoms with van der Waals surface area (Å²) < 4.78 is 39.4. The average molecular weight is 342 g/mol. The molecule has 3 rings (SSSR count). The first-order valence-corrected chi connectivity index (χ1v) is 6.56. The molecule has 0 aliphatic carbocycles. The second-order valence-electron chi connectivity index (χ2n) is 4.55. The zero-order valence-electron chi connectivity index (χ0n) is 11.2. The summed E-state index contributed by atoms with van der Waals surface area (Å²) in [5, 5.41) is 18.3. The summed E-state index contributed by atoms with van der Waals surface area (Å²) in [4.78, 5) is 3.75. The highest BCUT2D eigenvalue weighted by Gasteiger charge is 2.34. The van der Waals surface area contributed by atoms with Crippen molar-refractivity contribution in [3.8, 4) is 16.8 Å². The predicted molar refractivity (Wildman–Crippen MR) is 73.6 cm³/mol. The van der Waals surface area contributed by atoms with E-state index in [4.69, 9.17) is 11.6 Å². The van der Waals surface area contributed by atoms with Gasteiger partial charge in [0.25, 0.3) is 6.33 Å². The van der Waals surface area contributed by atoms with Gasteiger partial charge in [-0.15, -0.1) is 5.10 Å². The second-order valence-corrected chi connectivity index (χ2v) is 4.98. The quantitative estimate of drug-likeness (QED) is 0.530. The predicted octanol–water partition coefficient (Wildman–Crippen LogP) is 2.63. The summed E-state index contributed by atoms with van der Waals surface area (Å²) in [6.07, 6.45) is -0.175. The fourth-order valence-corrected chi connectivity index (χ4v) is 2.14. The van der Waals surface area contributed by atoms with Crippen molar-refractivity contribution >= 4 is 11.6 Å². The van der Waals surface area contributed by atoms with E-state index in [9.17, 15) is 18.4 Å². The Hall–Kier alpha value is -2.68. The Morgan fingerprint density at radius 2 is 2.04 bits per heavy atom. The van der Waals surface area contributed by atoms with Crippen LogP contribution < -0.4 is 4.73 Å². The maximum absolute atomic E-state index is 12.7. The third kappa shape index (κ3) is 3.09. The van der Waals surface area contributed by atoms with Crippen molar-refractivity contribution in [2.24, 2.45) is 0 Å². The molecule has 0 saturated carbocycles. The third-order valence-corrected chi connectivity index (χ3v) is 3.20. The smallest absolute Gasteiger partial charge is 0.436 e. The third-order valence-electron chi connectivity index (χ3n) is 2.96. The molecule has 0 aliphatic heterocycles. The molecule has 118 valence electrons. The highest BCUT2D eigenvalue weighted by atomic mass is 35.5. The highest BCUT2D eigenvalue weighted by Crippen LogP contribution is 2.31. The number of nitrogens with zero attached hydrogens (tertiary/aromatic N) is 5. The van der Waals surface area contributed by atoms with E-state index in [1.165, 1.54) is 30.6 Å². The monoisotopic (exact) mass is 341 g/mol. The molecule has 0 unspecified atom stereocenters. The van der Waals surface area contributed by atoms with Crippen molar-refractivity contribution < 1.29 is 17.9 Å². The van der Waals surface area contributed by atoms with Crippen molar-refractivity contribution in [1.29, 1.82) is 0 Å². The Labute approximate surface area is 132 Å². The first-order valence-electron chi connectivity index (χ1n) is 6.18. The van der Waals surface area contributed by atoms with Gasteiger partial charge in [-0.05, 0) is 18.2 Å². The SMILES string of the molecule is [O-][n+]1cncc(-c2cc(Cl)ccc2-n2cc(C(F)(F)F)nn2)c1. The van der Waals surface area contributed by atoms with Crippen LogP contribution >= 0.6 is 11.6 Å². The minimum atomic E-state index is -4.60. The molecule has 23 heavy (non-hydrogen) atoms. The van der Waals surface area contributed by atoms with Gasteiger partial charge in [-0.1, -0.05) is 21.8 Å². The fourth-order valence-electron chi connectivity index (χ4n) is 1.97. The van der Waals surface area contributed by atoms with E-state index in [1.807, 2.05) is 0 Å². The van der Waals surface area contributed by atoms with Crippen LogP contribution in [0.5, 0.6) is 0 Å². The average Bonchev–Trinajstić information content (AvgIpc) is 2.97. The largest absolute Gasteiger partial charge is 0.711 e. The number of benzene rings is 1. The zero-order valence-corrected chi connectivity index (χ0v) is 12.0. The lowest BCUT2D eigenvalue weighted by Crippen LogP contribution is -2.25. The van der Waals surface area contributed by atoms with Gasteiger partial charge in [-0.3, -0.25) is 0 Å². The molecular formula is C13H7ClF3N5O. The van der Waals surface area contributed by atoms with Gasteiger partial charge in [0.2, 0.25) is 0 Å². The standard InChI is InChI=1S/C13H7ClF3N5O/c14-9-1-2-11(22-6-12(19-20-22)13(15,16)17)10(3-9)8-4-18-7-21(23)5-8/h1-7H. The van der Waals surface area contributed by atoms with Crippen LogP contribution in [0.1, 0.15) is 5.69 Å². The van der Waals surface area contributed by atoms with Gasteiger partial charge in [0.1, 0.15) is 6.20 Å². The van der Waals surface area contributed by atoms with Crippen LogP contribution in [0.3, 0.4) is 0 Å².